The molecule has 202 valence electrons. The summed E-state index contributed by atoms with van der Waals surface area (Å²) in [4.78, 5) is 30.8. The average Bonchev–Trinajstić information content (AvgIpc) is 2.92. The van der Waals surface area contributed by atoms with Crippen LogP contribution in [0, 0.1) is 6.92 Å². The van der Waals surface area contributed by atoms with Crippen LogP contribution in [-0.2, 0) is 4.79 Å². The highest BCUT2D eigenvalue weighted by Gasteiger charge is 2.17. The molecule has 0 aliphatic carbocycles. The number of halogens is 2. The fourth-order valence-corrected chi connectivity index (χ4v) is 4.44. The van der Waals surface area contributed by atoms with Gasteiger partial charge in [0.1, 0.15) is 5.82 Å². The van der Waals surface area contributed by atoms with E-state index in [1.807, 2.05) is 51.1 Å². The second-order valence-corrected chi connectivity index (χ2v) is 10.4. The van der Waals surface area contributed by atoms with Gasteiger partial charge in [-0.1, -0.05) is 59.1 Å². The van der Waals surface area contributed by atoms with Crippen LogP contribution < -0.4 is 20.3 Å². The summed E-state index contributed by atoms with van der Waals surface area (Å²) in [7, 11) is 1.47. The number of aryl methyl sites for hydroxylation is 1. The maximum Gasteiger partial charge on any atom is 0.282 e. The third kappa shape index (κ3) is 6.66. The third-order valence-electron chi connectivity index (χ3n) is 6.15. The van der Waals surface area contributed by atoms with Gasteiger partial charge in [-0.2, -0.15) is 9.78 Å². The van der Waals surface area contributed by atoms with E-state index in [2.05, 4.69) is 26.3 Å². The van der Waals surface area contributed by atoms with Crippen LogP contribution in [0.2, 0.25) is 5.02 Å². The van der Waals surface area contributed by atoms with Crippen molar-refractivity contribution < 1.29 is 14.3 Å². The number of hydrogen-bond acceptors (Lipinski definition) is 6. The Balaban J connectivity index is 1.70. The second-order valence-electron chi connectivity index (χ2n) is 9.03. The summed E-state index contributed by atoms with van der Waals surface area (Å²) in [6.07, 6.45) is 2.22. The van der Waals surface area contributed by atoms with Crippen molar-refractivity contribution >= 4 is 56.2 Å². The summed E-state index contributed by atoms with van der Waals surface area (Å²) in [5, 5.41) is 8.12. The van der Waals surface area contributed by atoms with Gasteiger partial charge >= 0.3 is 0 Å². The van der Waals surface area contributed by atoms with Crippen molar-refractivity contribution in [3.8, 4) is 11.5 Å². The van der Waals surface area contributed by atoms with Crippen LogP contribution in [0.25, 0.3) is 10.9 Å². The van der Waals surface area contributed by atoms with E-state index in [1.54, 1.807) is 24.3 Å². The number of carbonyl (C=O) groups is 1. The van der Waals surface area contributed by atoms with Gasteiger partial charge in [0.2, 0.25) is 0 Å². The fraction of sp³-hybridized carbons (Fsp3) is 0.241. The number of fused-ring (bicyclic) bond motifs is 1. The van der Waals surface area contributed by atoms with Gasteiger partial charge in [0, 0.05) is 32.7 Å². The van der Waals surface area contributed by atoms with Crippen molar-refractivity contribution in [3.63, 3.8) is 0 Å². The molecule has 0 fully saturated rings. The van der Waals surface area contributed by atoms with E-state index in [1.165, 1.54) is 18.0 Å². The fourth-order valence-electron chi connectivity index (χ4n) is 3.86. The summed E-state index contributed by atoms with van der Waals surface area (Å²) >= 11 is 9.76. The number of hydrogen-bond donors (Lipinski definition) is 1. The van der Waals surface area contributed by atoms with Crippen molar-refractivity contribution in [2.24, 2.45) is 5.10 Å². The minimum absolute atomic E-state index is 0.0296. The monoisotopic (exact) mass is 610 g/mol. The van der Waals surface area contributed by atoms with Crippen molar-refractivity contribution in [2.45, 2.75) is 33.1 Å². The zero-order valence-electron chi connectivity index (χ0n) is 22.0. The third-order valence-corrected chi connectivity index (χ3v) is 6.86. The van der Waals surface area contributed by atoms with Crippen LogP contribution in [-0.4, -0.2) is 35.5 Å². The van der Waals surface area contributed by atoms with Crippen LogP contribution in [0.4, 0.5) is 5.69 Å². The molecule has 0 bridgehead atoms. The van der Waals surface area contributed by atoms with Crippen molar-refractivity contribution in [3.05, 3.63) is 91.4 Å². The van der Waals surface area contributed by atoms with Gasteiger partial charge in [0.05, 0.1) is 24.2 Å². The molecule has 1 N–H and O–H groups in total. The molecule has 0 aliphatic heterocycles. The number of anilines is 1. The quantitative estimate of drug-likeness (QED) is 0.217. The lowest BCUT2D eigenvalue weighted by Crippen LogP contribution is -2.24. The number of amides is 1. The van der Waals surface area contributed by atoms with E-state index in [4.69, 9.17) is 26.1 Å². The molecular weight excluding hydrogens is 584 g/mol. The summed E-state index contributed by atoms with van der Waals surface area (Å²) in [6, 6.07) is 16.0. The average molecular weight is 612 g/mol. The largest absolute Gasteiger partial charge is 0.493 e. The first-order valence-electron chi connectivity index (χ1n) is 12.3. The smallest absolute Gasteiger partial charge is 0.282 e. The molecule has 4 aromatic rings. The first kappa shape index (κ1) is 28.3. The summed E-state index contributed by atoms with van der Waals surface area (Å²) in [6.45, 7) is 5.70. The molecule has 8 nitrogen and oxygen atoms in total. The molecule has 0 spiro atoms. The molecular formula is C29H28BrClN4O4. The Hall–Kier alpha value is -3.69. The number of rotatable bonds is 9. The number of carbonyl (C=O) groups excluding carboxylic acids is 1. The van der Waals surface area contributed by atoms with Crippen LogP contribution in [0.1, 0.15) is 43.1 Å². The predicted octanol–water partition coefficient (Wildman–Crippen LogP) is 6.54. The maximum atomic E-state index is 13.5. The van der Waals surface area contributed by atoms with E-state index < -0.39 is 0 Å². The second kappa shape index (κ2) is 12.4. The Morgan fingerprint density at radius 1 is 1.21 bits per heavy atom. The Kier molecular flexibility index (Phi) is 9.04. The van der Waals surface area contributed by atoms with Gasteiger partial charge in [0.15, 0.2) is 18.1 Å². The lowest BCUT2D eigenvalue weighted by atomic mass is 10.1. The molecule has 10 heteroatoms. The van der Waals surface area contributed by atoms with Gasteiger partial charge < -0.3 is 14.8 Å². The van der Waals surface area contributed by atoms with Gasteiger partial charge in [-0.15, -0.1) is 0 Å². The number of methoxy groups -OCH3 is 1. The highest BCUT2D eigenvalue weighted by molar-refractivity contribution is 9.10. The van der Waals surface area contributed by atoms with Crippen LogP contribution in [0.3, 0.4) is 0 Å². The first-order valence-corrected chi connectivity index (χ1v) is 13.5. The van der Waals surface area contributed by atoms with E-state index in [9.17, 15) is 9.59 Å². The number of nitrogens with zero attached hydrogens (tertiary/aromatic N) is 3. The summed E-state index contributed by atoms with van der Waals surface area (Å²) in [5.74, 6) is 0.736. The number of benzene rings is 3. The Labute approximate surface area is 239 Å². The van der Waals surface area contributed by atoms with Gasteiger partial charge in [-0.25, -0.2) is 4.98 Å². The van der Waals surface area contributed by atoms with Crippen molar-refractivity contribution in [1.82, 2.24) is 9.66 Å². The number of nitrogens with one attached hydrogen (secondary N) is 1. The zero-order valence-corrected chi connectivity index (χ0v) is 24.3. The topological polar surface area (TPSA) is 94.8 Å². The van der Waals surface area contributed by atoms with Crippen molar-refractivity contribution in [1.29, 1.82) is 0 Å². The van der Waals surface area contributed by atoms with Gasteiger partial charge in [-0.05, 0) is 49.7 Å². The van der Waals surface area contributed by atoms with E-state index in [0.29, 0.717) is 38.8 Å². The SMILES string of the molecule is CC[C@H](C)c1nc2ccc(Br)cc2c(=O)n1N=Cc1cc(Cl)cc(OC)c1OCC(=O)Nc1ccc(C)cc1. The highest BCUT2D eigenvalue weighted by atomic mass is 79.9. The Morgan fingerprint density at radius 2 is 1.95 bits per heavy atom. The molecule has 1 aromatic heterocycles. The maximum absolute atomic E-state index is 13.5. The molecule has 3 aromatic carbocycles. The van der Waals surface area contributed by atoms with Crippen LogP contribution in [0.15, 0.2) is 69.0 Å². The molecule has 0 unspecified atom stereocenters. The van der Waals surface area contributed by atoms with E-state index in [-0.39, 0.29) is 29.7 Å². The minimum Gasteiger partial charge on any atom is -0.493 e. The number of aromatic nitrogens is 2. The standard InChI is InChI=1S/C29H28BrClN4O4/c1-5-18(3)28-34-24-11-8-20(30)13-23(24)29(37)35(28)32-15-19-12-21(31)14-25(38-4)27(19)39-16-26(36)33-22-9-6-17(2)7-10-22/h6-15,18H,5,16H2,1-4H3,(H,33,36)/t18-/m0/s1. The zero-order chi connectivity index (χ0) is 28.1. The summed E-state index contributed by atoms with van der Waals surface area (Å²) in [5.41, 5.74) is 2.47. The van der Waals surface area contributed by atoms with E-state index >= 15 is 0 Å². The molecule has 1 heterocycles. The molecule has 1 amide bonds. The highest BCUT2D eigenvalue weighted by Crippen LogP contribution is 2.34. The lowest BCUT2D eigenvalue weighted by Gasteiger charge is -2.15. The molecule has 0 aliphatic rings. The Morgan fingerprint density at radius 3 is 2.64 bits per heavy atom. The van der Waals surface area contributed by atoms with Crippen LogP contribution in [0.5, 0.6) is 11.5 Å². The molecule has 1 atom stereocenters. The van der Waals surface area contributed by atoms with Gasteiger partial charge in [0.25, 0.3) is 11.5 Å². The molecule has 0 radical (unpaired) electrons. The molecule has 4 rings (SSSR count). The number of ether oxygens (including phenoxy) is 2. The minimum atomic E-state index is -0.349. The Bertz CT molecular complexity index is 1600. The van der Waals surface area contributed by atoms with Gasteiger partial charge in [-0.3, -0.25) is 9.59 Å². The lowest BCUT2D eigenvalue weighted by molar-refractivity contribution is -0.118. The van der Waals surface area contributed by atoms with E-state index in [0.717, 1.165) is 16.5 Å². The normalized spacial score (nSPS) is 12.1. The van der Waals surface area contributed by atoms with Crippen LogP contribution >= 0.6 is 27.5 Å². The summed E-state index contributed by atoms with van der Waals surface area (Å²) < 4.78 is 13.4. The first-order chi connectivity index (χ1) is 18.7. The molecule has 0 saturated carbocycles. The molecule has 39 heavy (non-hydrogen) atoms. The van der Waals surface area contributed by atoms with Crippen molar-refractivity contribution in [2.75, 3.05) is 19.0 Å². The molecule has 0 saturated heterocycles. The predicted molar refractivity (Wildman–Crippen MR) is 159 cm³/mol.